The van der Waals surface area contributed by atoms with E-state index in [4.69, 9.17) is 0 Å². The van der Waals surface area contributed by atoms with Gasteiger partial charge in [0, 0.05) is 0 Å². The lowest BCUT2D eigenvalue weighted by Crippen LogP contribution is -2.48. The zero-order valence-corrected chi connectivity index (χ0v) is 10.6. The van der Waals surface area contributed by atoms with Crippen LogP contribution in [0.25, 0.3) is 0 Å². The summed E-state index contributed by atoms with van der Waals surface area (Å²) in [5.41, 5.74) is 1.47. The van der Waals surface area contributed by atoms with Gasteiger partial charge in [0.1, 0.15) is 8.24 Å². The molecule has 2 heteroatoms. The Morgan fingerprint density at radius 1 is 1.21 bits per heavy atom. The number of allylic oxidation sites excluding steroid dienone is 4. The predicted molar refractivity (Wildman–Crippen MR) is 64.7 cm³/mol. The Bertz CT molecular complexity index is 283. The minimum atomic E-state index is -1.24. The minimum Gasteiger partial charge on any atom is -0.320 e. The van der Waals surface area contributed by atoms with Crippen LogP contribution in [0.15, 0.2) is 22.9 Å². The van der Waals surface area contributed by atoms with E-state index in [1.807, 2.05) is 0 Å². The Labute approximate surface area is 88.6 Å². The van der Waals surface area contributed by atoms with Crippen LogP contribution < -0.4 is 0 Å². The number of rotatable bonds is 2. The molecule has 0 aromatic rings. The average molecular weight is 207 g/mol. The fraction of sp³-hybridized carbons (Fsp3) is 0.667. The Morgan fingerprint density at radius 2 is 1.86 bits per heavy atom. The van der Waals surface area contributed by atoms with Crippen LogP contribution in [0.3, 0.4) is 0 Å². The molecule has 0 spiro atoms. The summed E-state index contributed by atoms with van der Waals surface area (Å²) < 4.78 is 2.77. The fourth-order valence-electron chi connectivity index (χ4n) is 2.57. The van der Waals surface area contributed by atoms with Gasteiger partial charge < -0.3 is 4.57 Å². The number of hydrogen-bond donors (Lipinski definition) is 0. The lowest BCUT2D eigenvalue weighted by molar-refractivity contribution is 0.524. The molecule has 0 amide bonds. The molecule has 0 radical (unpaired) electrons. The molecule has 14 heavy (non-hydrogen) atoms. The number of nitrogens with zero attached hydrogens (tertiary/aromatic N) is 1. The molecule has 0 bridgehead atoms. The van der Waals surface area contributed by atoms with E-state index in [9.17, 15) is 0 Å². The maximum atomic E-state index is 2.77. The highest BCUT2D eigenvalue weighted by Crippen LogP contribution is 2.30. The van der Waals surface area contributed by atoms with Crippen LogP contribution in [-0.4, -0.2) is 25.9 Å². The van der Waals surface area contributed by atoms with Crippen LogP contribution in [0.5, 0.6) is 0 Å². The minimum absolute atomic E-state index is 1.22. The molecule has 0 atom stereocenters. The zero-order chi connectivity index (χ0) is 10.2. The summed E-state index contributed by atoms with van der Waals surface area (Å²) in [7, 11) is -1.24. The normalized spacial score (nSPS) is 23.9. The van der Waals surface area contributed by atoms with Crippen molar-refractivity contribution in [1.29, 1.82) is 0 Å². The van der Waals surface area contributed by atoms with Gasteiger partial charge in [-0.2, -0.15) is 0 Å². The highest BCUT2D eigenvalue weighted by molar-refractivity contribution is 6.81. The van der Waals surface area contributed by atoms with Crippen LogP contribution in [0, 0.1) is 0 Å². The SMILES string of the molecule is CC1=CCC([Si](C)(C)N2CCCC2)=C1. The lowest BCUT2D eigenvalue weighted by atomic mass is 10.3. The van der Waals surface area contributed by atoms with Gasteiger partial charge in [0.2, 0.25) is 0 Å². The molecule has 1 saturated heterocycles. The molecule has 1 aliphatic carbocycles. The predicted octanol–water partition coefficient (Wildman–Crippen LogP) is 3.10. The van der Waals surface area contributed by atoms with Gasteiger partial charge in [-0.25, -0.2) is 0 Å². The summed E-state index contributed by atoms with van der Waals surface area (Å²) in [5, 5.41) is 1.73. The molecule has 1 nitrogen and oxygen atoms in total. The zero-order valence-electron chi connectivity index (χ0n) is 9.64. The molecule has 78 valence electrons. The van der Waals surface area contributed by atoms with E-state index < -0.39 is 8.24 Å². The number of hydrogen-bond acceptors (Lipinski definition) is 1. The summed E-state index contributed by atoms with van der Waals surface area (Å²) in [6.07, 6.45) is 8.86. The van der Waals surface area contributed by atoms with E-state index in [1.54, 1.807) is 5.20 Å². The largest absolute Gasteiger partial charge is 0.320 e. The van der Waals surface area contributed by atoms with E-state index in [2.05, 4.69) is 36.7 Å². The van der Waals surface area contributed by atoms with Crippen molar-refractivity contribution in [2.45, 2.75) is 39.3 Å². The Hall–Kier alpha value is -0.343. The van der Waals surface area contributed by atoms with Crippen LogP contribution in [0.2, 0.25) is 13.1 Å². The van der Waals surface area contributed by atoms with Crippen LogP contribution in [0.4, 0.5) is 0 Å². The van der Waals surface area contributed by atoms with E-state index in [0.717, 1.165) is 0 Å². The van der Waals surface area contributed by atoms with Gasteiger partial charge in [0.25, 0.3) is 0 Å². The summed E-state index contributed by atoms with van der Waals surface area (Å²) in [4.78, 5) is 0. The van der Waals surface area contributed by atoms with Gasteiger partial charge in [0.05, 0.1) is 0 Å². The van der Waals surface area contributed by atoms with Crippen molar-refractivity contribution >= 4 is 8.24 Å². The first-order valence-corrected chi connectivity index (χ1v) is 8.68. The molecule has 0 aromatic carbocycles. The van der Waals surface area contributed by atoms with Crippen LogP contribution in [0.1, 0.15) is 26.2 Å². The van der Waals surface area contributed by atoms with Gasteiger partial charge in [-0.1, -0.05) is 36.0 Å². The van der Waals surface area contributed by atoms with Crippen LogP contribution >= 0.6 is 0 Å². The molecule has 2 aliphatic rings. The smallest absolute Gasteiger partial charge is 0.150 e. The highest BCUT2D eigenvalue weighted by atomic mass is 28.3. The maximum Gasteiger partial charge on any atom is 0.150 e. The van der Waals surface area contributed by atoms with E-state index in [1.165, 1.54) is 37.9 Å². The first-order chi connectivity index (χ1) is 6.60. The van der Waals surface area contributed by atoms with Crippen molar-refractivity contribution in [3.05, 3.63) is 22.9 Å². The van der Waals surface area contributed by atoms with E-state index in [-0.39, 0.29) is 0 Å². The molecule has 0 aromatic heterocycles. The fourth-order valence-corrected chi connectivity index (χ4v) is 5.59. The summed E-state index contributed by atoms with van der Waals surface area (Å²) in [6, 6.07) is 0. The standard InChI is InChI=1S/C12H21NSi/c1-11-6-7-12(10-11)14(2,3)13-8-4-5-9-13/h6,10H,4-5,7-9H2,1-3H3. The third-order valence-corrected chi connectivity index (χ3v) is 7.68. The van der Waals surface area contributed by atoms with Gasteiger partial charge in [-0.3, -0.25) is 0 Å². The van der Waals surface area contributed by atoms with Gasteiger partial charge in [-0.05, 0) is 39.3 Å². The second-order valence-corrected chi connectivity index (χ2v) is 9.47. The summed E-state index contributed by atoms with van der Waals surface area (Å²) in [6.45, 7) is 9.93. The quantitative estimate of drug-likeness (QED) is 0.629. The third-order valence-electron chi connectivity index (χ3n) is 3.73. The second kappa shape index (κ2) is 3.67. The highest BCUT2D eigenvalue weighted by Gasteiger charge is 2.35. The van der Waals surface area contributed by atoms with Crippen molar-refractivity contribution < 1.29 is 0 Å². The van der Waals surface area contributed by atoms with Crippen LogP contribution in [-0.2, 0) is 0 Å². The molecule has 2 rings (SSSR count). The molecule has 0 N–H and O–H groups in total. The molecular weight excluding hydrogens is 186 g/mol. The Morgan fingerprint density at radius 3 is 2.36 bits per heavy atom. The summed E-state index contributed by atoms with van der Waals surface area (Å²) >= 11 is 0. The van der Waals surface area contributed by atoms with Crippen molar-refractivity contribution in [3.63, 3.8) is 0 Å². The van der Waals surface area contributed by atoms with E-state index in [0.29, 0.717) is 0 Å². The van der Waals surface area contributed by atoms with Crippen molar-refractivity contribution in [3.8, 4) is 0 Å². The first-order valence-electron chi connectivity index (χ1n) is 5.73. The monoisotopic (exact) mass is 207 g/mol. The Balaban J connectivity index is 2.12. The maximum absolute atomic E-state index is 2.77. The second-order valence-electron chi connectivity index (χ2n) is 5.08. The average Bonchev–Trinajstić information content (AvgIpc) is 2.72. The van der Waals surface area contributed by atoms with Crippen molar-refractivity contribution in [2.75, 3.05) is 13.1 Å². The summed E-state index contributed by atoms with van der Waals surface area (Å²) in [5.74, 6) is 0. The molecular formula is C12H21NSi. The molecule has 0 saturated carbocycles. The third kappa shape index (κ3) is 1.73. The van der Waals surface area contributed by atoms with Gasteiger partial charge >= 0.3 is 0 Å². The Kier molecular flexibility index (Phi) is 2.67. The van der Waals surface area contributed by atoms with Crippen molar-refractivity contribution in [1.82, 2.24) is 4.57 Å². The first kappa shape index (κ1) is 10.2. The molecule has 1 fully saturated rings. The van der Waals surface area contributed by atoms with Crippen molar-refractivity contribution in [2.24, 2.45) is 0 Å². The van der Waals surface area contributed by atoms with Gasteiger partial charge in [-0.15, -0.1) is 0 Å². The molecule has 1 heterocycles. The lowest BCUT2D eigenvalue weighted by Gasteiger charge is -2.34. The van der Waals surface area contributed by atoms with Gasteiger partial charge in [0.15, 0.2) is 0 Å². The van der Waals surface area contributed by atoms with E-state index >= 15 is 0 Å². The topological polar surface area (TPSA) is 3.24 Å². The molecule has 0 unspecified atom stereocenters. The molecule has 1 aliphatic heterocycles.